The SMILES string of the molecule is Cc1sc2ccn(Cc3ccccc3)c2c1C. The zero-order valence-corrected chi connectivity index (χ0v) is 10.9. The molecule has 0 atom stereocenters. The summed E-state index contributed by atoms with van der Waals surface area (Å²) in [4.78, 5) is 1.43. The van der Waals surface area contributed by atoms with Crippen molar-refractivity contribution < 1.29 is 0 Å². The Morgan fingerprint density at radius 3 is 2.59 bits per heavy atom. The van der Waals surface area contributed by atoms with Gasteiger partial charge in [0.15, 0.2) is 0 Å². The Morgan fingerprint density at radius 2 is 1.82 bits per heavy atom. The average molecular weight is 241 g/mol. The maximum atomic E-state index is 2.35. The third kappa shape index (κ3) is 1.79. The van der Waals surface area contributed by atoms with Crippen molar-refractivity contribution >= 4 is 21.6 Å². The van der Waals surface area contributed by atoms with Crippen LogP contribution in [0.25, 0.3) is 10.2 Å². The molecule has 0 saturated carbocycles. The zero-order chi connectivity index (χ0) is 11.8. The van der Waals surface area contributed by atoms with Gasteiger partial charge in [-0.25, -0.2) is 0 Å². The van der Waals surface area contributed by atoms with Crippen LogP contribution in [0.1, 0.15) is 16.0 Å². The zero-order valence-electron chi connectivity index (χ0n) is 10.1. The van der Waals surface area contributed by atoms with E-state index in [9.17, 15) is 0 Å². The van der Waals surface area contributed by atoms with Crippen LogP contribution in [0.3, 0.4) is 0 Å². The van der Waals surface area contributed by atoms with Crippen LogP contribution in [0.4, 0.5) is 0 Å². The second-order valence-corrected chi connectivity index (χ2v) is 5.68. The first kappa shape index (κ1) is 10.6. The second-order valence-electron chi connectivity index (χ2n) is 4.43. The molecular formula is C15H15NS. The Hall–Kier alpha value is -1.54. The van der Waals surface area contributed by atoms with Gasteiger partial charge >= 0.3 is 0 Å². The molecule has 1 aromatic carbocycles. The van der Waals surface area contributed by atoms with Gasteiger partial charge in [0, 0.05) is 17.6 Å². The van der Waals surface area contributed by atoms with Crippen LogP contribution < -0.4 is 0 Å². The lowest BCUT2D eigenvalue weighted by Crippen LogP contribution is -1.97. The molecule has 0 amide bonds. The highest BCUT2D eigenvalue weighted by atomic mass is 32.1. The van der Waals surface area contributed by atoms with Crippen LogP contribution in [0, 0.1) is 13.8 Å². The normalized spacial score (nSPS) is 11.2. The van der Waals surface area contributed by atoms with Crippen LogP contribution in [-0.2, 0) is 6.54 Å². The fourth-order valence-electron chi connectivity index (χ4n) is 2.26. The summed E-state index contributed by atoms with van der Waals surface area (Å²) in [6.07, 6.45) is 2.20. The van der Waals surface area contributed by atoms with Gasteiger partial charge in [0.05, 0.1) is 10.2 Å². The largest absolute Gasteiger partial charge is 0.342 e. The summed E-state index contributed by atoms with van der Waals surface area (Å²) in [5, 5.41) is 0. The number of thiophene rings is 1. The van der Waals surface area contributed by atoms with Crippen LogP contribution in [0.5, 0.6) is 0 Å². The molecule has 0 aliphatic rings. The minimum Gasteiger partial charge on any atom is -0.342 e. The molecule has 2 aromatic heterocycles. The fourth-order valence-corrected chi connectivity index (χ4v) is 3.33. The number of nitrogens with zero attached hydrogens (tertiary/aromatic N) is 1. The topological polar surface area (TPSA) is 4.93 Å². The van der Waals surface area contributed by atoms with Crippen LogP contribution in [0.2, 0.25) is 0 Å². The predicted molar refractivity (Wildman–Crippen MR) is 74.8 cm³/mol. The molecule has 0 fully saturated rings. The molecule has 0 unspecified atom stereocenters. The van der Waals surface area contributed by atoms with Gasteiger partial charge in [-0.15, -0.1) is 11.3 Å². The van der Waals surface area contributed by atoms with E-state index < -0.39 is 0 Å². The first-order valence-electron chi connectivity index (χ1n) is 5.84. The lowest BCUT2D eigenvalue weighted by atomic mass is 10.2. The maximum Gasteiger partial charge on any atom is 0.0625 e. The lowest BCUT2D eigenvalue weighted by molar-refractivity contribution is 0.834. The highest BCUT2D eigenvalue weighted by Crippen LogP contribution is 2.31. The summed E-state index contributed by atoms with van der Waals surface area (Å²) >= 11 is 1.89. The van der Waals surface area contributed by atoms with Crippen molar-refractivity contribution in [1.82, 2.24) is 4.57 Å². The van der Waals surface area contributed by atoms with E-state index in [2.05, 4.69) is 61.0 Å². The summed E-state index contributed by atoms with van der Waals surface area (Å²) in [5.74, 6) is 0. The molecule has 0 radical (unpaired) electrons. The highest BCUT2D eigenvalue weighted by Gasteiger charge is 2.09. The van der Waals surface area contributed by atoms with E-state index in [1.807, 2.05) is 11.3 Å². The molecule has 0 aliphatic heterocycles. The number of hydrogen-bond donors (Lipinski definition) is 0. The van der Waals surface area contributed by atoms with Gasteiger partial charge < -0.3 is 4.57 Å². The highest BCUT2D eigenvalue weighted by molar-refractivity contribution is 7.19. The van der Waals surface area contributed by atoms with Crippen molar-refractivity contribution in [2.24, 2.45) is 0 Å². The summed E-state index contributed by atoms with van der Waals surface area (Å²) in [5.41, 5.74) is 4.18. The molecule has 0 aliphatic carbocycles. The van der Waals surface area contributed by atoms with Crippen LogP contribution >= 0.6 is 11.3 Å². The van der Waals surface area contributed by atoms with Gasteiger partial charge in [0.1, 0.15) is 0 Å². The van der Waals surface area contributed by atoms with Gasteiger partial charge in [-0.1, -0.05) is 30.3 Å². The minimum atomic E-state index is 0.960. The number of aryl methyl sites for hydroxylation is 2. The molecule has 0 N–H and O–H groups in total. The number of aromatic nitrogens is 1. The summed E-state index contributed by atoms with van der Waals surface area (Å²) in [6, 6.07) is 12.8. The third-order valence-corrected chi connectivity index (χ3v) is 4.43. The van der Waals surface area contributed by atoms with E-state index in [4.69, 9.17) is 0 Å². The number of benzene rings is 1. The first-order valence-corrected chi connectivity index (χ1v) is 6.66. The second kappa shape index (κ2) is 4.04. The van der Waals surface area contributed by atoms with Crippen molar-refractivity contribution in [3.8, 4) is 0 Å². The molecule has 2 heteroatoms. The molecular weight excluding hydrogens is 226 g/mol. The Bertz CT molecular complexity index is 646. The number of rotatable bonds is 2. The van der Waals surface area contributed by atoms with E-state index in [-0.39, 0.29) is 0 Å². The third-order valence-electron chi connectivity index (χ3n) is 3.27. The monoisotopic (exact) mass is 241 g/mol. The summed E-state index contributed by atoms with van der Waals surface area (Å²) in [6.45, 7) is 5.38. The quantitative estimate of drug-likeness (QED) is 0.628. The lowest BCUT2D eigenvalue weighted by Gasteiger charge is -2.05. The van der Waals surface area contributed by atoms with Gasteiger partial charge in [-0.2, -0.15) is 0 Å². The Labute approximate surface area is 105 Å². The number of fused-ring (bicyclic) bond motifs is 1. The molecule has 0 bridgehead atoms. The van der Waals surface area contributed by atoms with Crippen molar-refractivity contribution in [3.05, 3.63) is 58.6 Å². The maximum absolute atomic E-state index is 2.35. The minimum absolute atomic E-state index is 0.960. The smallest absolute Gasteiger partial charge is 0.0625 e. The molecule has 1 nitrogen and oxygen atoms in total. The van der Waals surface area contributed by atoms with Gasteiger partial charge in [-0.3, -0.25) is 0 Å². The molecule has 3 rings (SSSR count). The van der Waals surface area contributed by atoms with Gasteiger partial charge in [0.25, 0.3) is 0 Å². The van der Waals surface area contributed by atoms with E-state index >= 15 is 0 Å². The van der Waals surface area contributed by atoms with Crippen molar-refractivity contribution in [1.29, 1.82) is 0 Å². The van der Waals surface area contributed by atoms with E-state index in [0.29, 0.717) is 0 Å². The van der Waals surface area contributed by atoms with Crippen molar-refractivity contribution in [2.75, 3.05) is 0 Å². The van der Waals surface area contributed by atoms with Crippen LogP contribution in [-0.4, -0.2) is 4.57 Å². The van der Waals surface area contributed by atoms with Gasteiger partial charge in [0.2, 0.25) is 0 Å². The van der Waals surface area contributed by atoms with Crippen molar-refractivity contribution in [3.63, 3.8) is 0 Å². The van der Waals surface area contributed by atoms with Crippen LogP contribution in [0.15, 0.2) is 42.6 Å². The van der Waals surface area contributed by atoms with Crippen molar-refractivity contribution in [2.45, 2.75) is 20.4 Å². The Kier molecular flexibility index (Phi) is 2.52. The van der Waals surface area contributed by atoms with Gasteiger partial charge in [-0.05, 0) is 31.0 Å². The number of hydrogen-bond acceptors (Lipinski definition) is 1. The summed E-state index contributed by atoms with van der Waals surface area (Å²) < 4.78 is 3.75. The Morgan fingerprint density at radius 1 is 1.06 bits per heavy atom. The standard InChI is InChI=1S/C15H15NS/c1-11-12(2)17-14-8-9-16(15(11)14)10-13-6-4-3-5-7-13/h3-9H,10H2,1-2H3. The molecule has 3 aromatic rings. The predicted octanol–water partition coefficient (Wildman–Crippen LogP) is 4.37. The molecule has 2 heterocycles. The Balaban J connectivity index is 2.06. The fraction of sp³-hybridized carbons (Fsp3) is 0.200. The molecule has 0 saturated heterocycles. The van der Waals surface area contributed by atoms with E-state index in [0.717, 1.165) is 6.54 Å². The van der Waals surface area contributed by atoms with E-state index in [1.54, 1.807) is 0 Å². The van der Waals surface area contributed by atoms with E-state index in [1.165, 1.54) is 26.2 Å². The molecule has 86 valence electrons. The first-order chi connectivity index (χ1) is 8.25. The molecule has 0 spiro atoms. The summed E-state index contributed by atoms with van der Waals surface area (Å²) in [7, 11) is 0. The average Bonchev–Trinajstić information content (AvgIpc) is 2.84. The molecule has 17 heavy (non-hydrogen) atoms.